The van der Waals surface area contributed by atoms with Gasteiger partial charge in [-0.25, -0.2) is 19.3 Å². The van der Waals surface area contributed by atoms with Crippen LogP contribution in [0.25, 0.3) is 46.2 Å². The summed E-state index contributed by atoms with van der Waals surface area (Å²) in [6, 6.07) is 25.8. The van der Waals surface area contributed by atoms with Gasteiger partial charge in [0.2, 0.25) is 23.3 Å². The molecule has 79 heavy (non-hydrogen) atoms. The van der Waals surface area contributed by atoms with E-state index in [4.69, 9.17) is 18.6 Å². The third kappa shape index (κ3) is 17.7. The minimum Gasteiger partial charge on any atom is -0.406 e. The summed E-state index contributed by atoms with van der Waals surface area (Å²) in [5.74, 6) is 1.65. The van der Waals surface area contributed by atoms with Crippen molar-refractivity contribution in [1.29, 1.82) is 0 Å². The Labute approximate surface area is 449 Å². The number of aromatic nitrogens is 10. The number of rotatable bonds is 11. The lowest BCUT2D eigenvalue weighted by molar-refractivity contribution is -0.275. The number of nitrogens with zero attached hydrogens (tertiary/aromatic N) is 13. The third-order valence-corrected chi connectivity index (χ3v) is 11.7. The maximum absolute atomic E-state index is 13.0. The number of ether oxygens (including phenoxy) is 2. The first-order chi connectivity index (χ1) is 37.2. The highest BCUT2D eigenvalue weighted by molar-refractivity contribution is 5.94. The van der Waals surface area contributed by atoms with E-state index in [-0.39, 0.29) is 66.1 Å². The molecule has 10 rings (SSSR count). The summed E-state index contributed by atoms with van der Waals surface area (Å²) in [7, 11) is 4.20. The molecule has 4 aromatic heterocycles. The monoisotopic (exact) mass is 1100 g/mol. The van der Waals surface area contributed by atoms with Gasteiger partial charge in [0, 0.05) is 69.0 Å². The predicted molar refractivity (Wildman–Crippen MR) is 272 cm³/mol. The van der Waals surface area contributed by atoms with Crippen molar-refractivity contribution in [2.24, 2.45) is 0 Å². The Kier molecular flexibility index (Phi) is 20.4. The highest BCUT2D eigenvalue weighted by Gasteiger charge is 2.32. The Morgan fingerprint density at radius 3 is 1.44 bits per heavy atom. The van der Waals surface area contributed by atoms with Crippen LogP contribution >= 0.6 is 0 Å². The smallest absolute Gasteiger partial charge is 0.406 e. The lowest BCUT2D eigenvalue weighted by Crippen LogP contribution is -2.47. The van der Waals surface area contributed by atoms with Crippen LogP contribution in [0.5, 0.6) is 11.5 Å². The van der Waals surface area contributed by atoms with Crippen molar-refractivity contribution >= 4 is 12.1 Å². The molecule has 21 nitrogen and oxygen atoms in total. The molecule has 0 saturated carbocycles. The molecule has 0 aliphatic carbocycles. The van der Waals surface area contributed by atoms with Crippen LogP contribution < -0.4 is 14.8 Å². The zero-order valence-corrected chi connectivity index (χ0v) is 42.7. The summed E-state index contributed by atoms with van der Waals surface area (Å²) >= 11 is 0. The highest BCUT2D eigenvalue weighted by atomic mass is 19.4. The van der Waals surface area contributed by atoms with E-state index < -0.39 is 12.7 Å². The largest absolute Gasteiger partial charge is 0.573 e. The molecule has 0 atom stereocenters. The number of carbonyl (C=O) groups excluding carboxylic acids is 3. The quantitative estimate of drug-likeness (QED) is 0.122. The standard InChI is InChI=1S/C25H24F3N7O3.C20H16F3N5O2.C5H12N2.CO2.CH4/c1-16-29-22(23-30-21(32-38-23)18-6-8-20(9-7-18)37-25(26,27)28)31-35(16)15-17-4-3-5-19(14-17)24(36)34-12-10-33(2)11-13-34;1-12-4-3-5-14(10-12)11-28-13(2)24-18(26-28)19-25-17(27-30-19)15-6-8-16(9-7-15)29-20(21,22)23;1-7-4-2-6-3-5-7;2-1-3;/h3-9,14H,10-13,15H2,1-2H3;3-10H,11H2,1-2H3;6H,2-5H2,1H3;;1H4. The number of hydrogen-bond acceptors (Lipinski definition) is 18. The fraction of sp³-hybridized carbons (Fsp3) is 0.346. The van der Waals surface area contributed by atoms with Gasteiger partial charge in [-0.3, -0.25) is 4.79 Å². The van der Waals surface area contributed by atoms with Crippen molar-refractivity contribution in [2.45, 2.75) is 54.0 Å². The van der Waals surface area contributed by atoms with Crippen LogP contribution in [-0.4, -0.2) is 156 Å². The molecule has 418 valence electrons. The molecule has 2 saturated heterocycles. The van der Waals surface area contributed by atoms with E-state index in [1.54, 1.807) is 16.3 Å². The number of likely N-dealkylation sites (N-methyl/N-ethyl adjacent to an activating group) is 2. The molecule has 27 heteroatoms. The molecule has 2 aliphatic rings. The van der Waals surface area contributed by atoms with Crippen LogP contribution in [0.3, 0.4) is 0 Å². The number of carbonyl (C=O) groups is 1. The fourth-order valence-corrected chi connectivity index (χ4v) is 7.72. The molecule has 6 heterocycles. The fourth-order valence-electron chi connectivity index (χ4n) is 7.72. The third-order valence-electron chi connectivity index (χ3n) is 11.7. The molecular formula is C52H56F6N14O7. The normalized spacial score (nSPS) is 13.8. The van der Waals surface area contributed by atoms with E-state index in [1.165, 1.54) is 61.6 Å². The Hall–Kier alpha value is -8.65. The average Bonchev–Trinajstić information content (AvgIpc) is 4.23. The van der Waals surface area contributed by atoms with Gasteiger partial charge in [-0.2, -0.15) is 19.6 Å². The van der Waals surface area contributed by atoms with E-state index in [0.29, 0.717) is 54.5 Å². The minimum atomic E-state index is -4.77. The molecule has 0 unspecified atom stereocenters. The summed E-state index contributed by atoms with van der Waals surface area (Å²) in [6.45, 7) is 14.4. The van der Waals surface area contributed by atoms with E-state index in [2.05, 4.69) is 78.2 Å². The molecule has 0 radical (unpaired) electrons. The molecule has 0 spiro atoms. The summed E-state index contributed by atoms with van der Waals surface area (Å²) in [5.41, 5.74) is 4.65. The van der Waals surface area contributed by atoms with E-state index in [9.17, 15) is 31.1 Å². The molecule has 1 N–H and O–H groups in total. The van der Waals surface area contributed by atoms with Crippen LogP contribution in [0.2, 0.25) is 0 Å². The van der Waals surface area contributed by atoms with Crippen molar-refractivity contribution in [1.82, 2.24) is 69.8 Å². The number of aryl methyl sites for hydroxylation is 3. The van der Waals surface area contributed by atoms with Gasteiger partial charge in [-0.1, -0.05) is 59.7 Å². The van der Waals surface area contributed by atoms with Crippen LogP contribution in [-0.2, 0) is 22.7 Å². The van der Waals surface area contributed by atoms with Gasteiger partial charge >= 0.3 is 18.9 Å². The van der Waals surface area contributed by atoms with Crippen molar-refractivity contribution < 1.29 is 59.2 Å². The number of halogens is 6. The van der Waals surface area contributed by atoms with E-state index >= 15 is 0 Å². The van der Waals surface area contributed by atoms with Gasteiger partial charge in [0.05, 0.1) is 13.1 Å². The highest BCUT2D eigenvalue weighted by Crippen LogP contribution is 2.29. The van der Waals surface area contributed by atoms with Gasteiger partial charge in [0.15, 0.2) is 0 Å². The van der Waals surface area contributed by atoms with Gasteiger partial charge in [0.1, 0.15) is 23.1 Å². The van der Waals surface area contributed by atoms with Crippen LogP contribution in [0, 0.1) is 20.8 Å². The lowest BCUT2D eigenvalue weighted by atomic mass is 10.1. The summed E-state index contributed by atoms with van der Waals surface area (Å²) < 4.78 is 95.6. The van der Waals surface area contributed by atoms with Crippen molar-refractivity contribution in [3.63, 3.8) is 0 Å². The molecular weight excluding hydrogens is 1050 g/mol. The molecule has 8 aromatic rings. The Morgan fingerprint density at radius 2 is 1.03 bits per heavy atom. The first-order valence-corrected chi connectivity index (χ1v) is 24.0. The first-order valence-electron chi connectivity index (χ1n) is 24.0. The Morgan fingerprint density at radius 1 is 0.595 bits per heavy atom. The average molecular weight is 1100 g/mol. The predicted octanol–water partition coefficient (Wildman–Crippen LogP) is 7.77. The summed E-state index contributed by atoms with van der Waals surface area (Å²) in [4.78, 5) is 52.9. The summed E-state index contributed by atoms with van der Waals surface area (Å²) in [5, 5.41) is 19.9. The summed E-state index contributed by atoms with van der Waals surface area (Å²) in [6.07, 6.45) is -9.27. The maximum Gasteiger partial charge on any atom is 0.573 e. The van der Waals surface area contributed by atoms with Crippen molar-refractivity contribution in [3.8, 4) is 57.7 Å². The number of hydrogen-bond donors (Lipinski definition) is 1. The second-order valence-corrected chi connectivity index (χ2v) is 17.7. The van der Waals surface area contributed by atoms with Crippen LogP contribution in [0.4, 0.5) is 26.3 Å². The van der Waals surface area contributed by atoms with Gasteiger partial charge in [0.25, 0.3) is 17.7 Å². The SMILES string of the molecule is C.CN1CCNCC1.Cc1cccc(Cn2nc(-c3nc(-c4ccc(OC(F)(F)F)cc4)no3)nc2C)c1.Cc1nc(-c2nc(-c3ccc(OC(F)(F)F)cc3)no2)nn1Cc1cccc(C(=O)N2CCN(C)CC2)c1.O=C=O. The first kappa shape index (κ1) is 59.6. The zero-order chi connectivity index (χ0) is 56.0. The topological polar surface area (TPSA) is 231 Å². The maximum atomic E-state index is 13.0. The Balaban J connectivity index is 0.000000219. The molecule has 4 aromatic carbocycles. The molecule has 0 bridgehead atoms. The van der Waals surface area contributed by atoms with Gasteiger partial charge in [-0.15, -0.1) is 36.5 Å². The molecule has 2 fully saturated rings. The number of amides is 1. The zero-order valence-electron chi connectivity index (χ0n) is 42.7. The lowest BCUT2D eigenvalue weighted by Gasteiger charge is -2.32. The van der Waals surface area contributed by atoms with E-state index in [0.717, 1.165) is 42.9 Å². The molecule has 1 amide bonds. The molecule has 2 aliphatic heterocycles. The van der Waals surface area contributed by atoms with Gasteiger partial charge < -0.3 is 38.5 Å². The van der Waals surface area contributed by atoms with Crippen molar-refractivity contribution in [3.05, 3.63) is 131 Å². The second-order valence-electron chi connectivity index (χ2n) is 17.7. The van der Waals surface area contributed by atoms with Crippen LogP contribution in [0.15, 0.2) is 106 Å². The number of benzene rings is 4. The van der Waals surface area contributed by atoms with Gasteiger partial charge in [-0.05, 0) is 107 Å². The second kappa shape index (κ2) is 27.1. The minimum absolute atomic E-state index is 0. The van der Waals surface area contributed by atoms with Crippen LogP contribution in [0.1, 0.15) is 46.1 Å². The number of nitrogens with one attached hydrogen (secondary N) is 1. The number of piperazine rings is 2. The number of alkyl halides is 6. The van der Waals surface area contributed by atoms with Crippen molar-refractivity contribution in [2.75, 3.05) is 66.5 Å². The Bertz CT molecular complexity index is 3250. The van der Waals surface area contributed by atoms with E-state index in [1.807, 2.05) is 68.3 Å².